The van der Waals surface area contributed by atoms with Gasteiger partial charge in [-0.05, 0) is 18.9 Å². The van der Waals surface area contributed by atoms with Crippen molar-refractivity contribution in [1.82, 2.24) is 10.6 Å². The van der Waals surface area contributed by atoms with Crippen LogP contribution < -0.4 is 10.6 Å². The number of rotatable bonds is 4. The topological polar surface area (TPSA) is 81.6 Å². The summed E-state index contributed by atoms with van der Waals surface area (Å²) in [6.45, 7) is 2.60. The van der Waals surface area contributed by atoms with E-state index in [0.29, 0.717) is 13.0 Å². The van der Waals surface area contributed by atoms with Crippen molar-refractivity contribution in [2.45, 2.75) is 31.6 Å². The normalized spacial score (nSPS) is 24.2. The molecule has 0 aromatic heterocycles. The van der Waals surface area contributed by atoms with E-state index in [-0.39, 0.29) is 18.5 Å². The minimum atomic E-state index is -0.712. The Labute approximate surface area is 112 Å². The molecule has 5 heteroatoms. The van der Waals surface area contributed by atoms with E-state index in [9.17, 15) is 15.0 Å². The summed E-state index contributed by atoms with van der Waals surface area (Å²) in [5, 5.41) is 24.9. The lowest BCUT2D eigenvalue weighted by molar-refractivity contribution is -0.123. The van der Waals surface area contributed by atoms with Crippen molar-refractivity contribution in [3.05, 3.63) is 35.4 Å². The van der Waals surface area contributed by atoms with Crippen LogP contribution in [0.1, 0.15) is 23.7 Å². The molecule has 1 aliphatic rings. The fourth-order valence-corrected chi connectivity index (χ4v) is 2.14. The summed E-state index contributed by atoms with van der Waals surface area (Å²) < 4.78 is 0. The molecule has 3 atom stereocenters. The Morgan fingerprint density at radius 3 is 2.74 bits per heavy atom. The van der Waals surface area contributed by atoms with Crippen LogP contribution in [-0.2, 0) is 4.79 Å². The van der Waals surface area contributed by atoms with Gasteiger partial charge in [-0.1, -0.05) is 29.8 Å². The molecule has 0 radical (unpaired) electrons. The molecule has 1 fully saturated rings. The lowest BCUT2D eigenvalue weighted by Crippen LogP contribution is -2.41. The van der Waals surface area contributed by atoms with Gasteiger partial charge in [0, 0.05) is 13.1 Å². The van der Waals surface area contributed by atoms with Crippen molar-refractivity contribution in [1.29, 1.82) is 0 Å². The SMILES string of the molecule is Cc1ccc([C@H](O)CNC(=O)[C@H]2C[C@H](O)CN2)cc1. The Balaban J connectivity index is 1.81. The average Bonchev–Trinajstić information content (AvgIpc) is 2.83. The van der Waals surface area contributed by atoms with Crippen LogP contribution in [0.2, 0.25) is 0 Å². The predicted molar refractivity (Wildman–Crippen MR) is 71.6 cm³/mol. The third-order valence-corrected chi connectivity index (χ3v) is 3.36. The van der Waals surface area contributed by atoms with Gasteiger partial charge in [-0.25, -0.2) is 0 Å². The lowest BCUT2D eigenvalue weighted by atomic mass is 10.1. The largest absolute Gasteiger partial charge is 0.392 e. The van der Waals surface area contributed by atoms with Crippen molar-refractivity contribution < 1.29 is 15.0 Å². The number of aliphatic hydroxyl groups excluding tert-OH is 2. The first-order valence-corrected chi connectivity index (χ1v) is 6.50. The maximum atomic E-state index is 11.8. The second-order valence-corrected chi connectivity index (χ2v) is 5.02. The maximum absolute atomic E-state index is 11.8. The first kappa shape index (κ1) is 14.0. The minimum Gasteiger partial charge on any atom is -0.392 e. The molecule has 104 valence electrons. The van der Waals surface area contributed by atoms with Crippen molar-refractivity contribution in [3.63, 3.8) is 0 Å². The molecule has 5 nitrogen and oxygen atoms in total. The number of carbonyl (C=O) groups is 1. The van der Waals surface area contributed by atoms with Gasteiger partial charge in [-0.2, -0.15) is 0 Å². The van der Waals surface area contributed by atoms with E-state index in [0.717, 1.165) is 11.1 Å². The number of hydrogen-bond donors (Lipinski definition) is 4. The van der Waals surface area contributed by atoms with E-state index < -0.39 is 12.2 Å². The highest BCUT2D eigenvalue weighted by Crippen LogP contribution is 2.13. The average molecular weight is 264 g/mol. The van der Waals surface area contributed by atoms with Gasteiger partial charge in [-0.3, -0.25) is 4.79 Å². The fraction of sp³-hybridized carbons (Fsp3) is 0.500. The van der Waals surface area contributed by atoms with Crippen LogP contribution in [0.5, 0.6) is 0 Å². The number of benzene rings is 1. The first-order valence-electron chi connectivity index (χ1n) is 6.50. The van der Waals surface area contributed by atoms with E-state index in [1.807, 2.05) is 31.2 Å². The molecule has 1 saturated heterocycles. The van der Waals surface area contributed by atoms with Crippen LogP contribution in [0.4, 0.5) is 0 Å². The molecule has 0 unspecified atom stereocenters. The van der Waals surface area contributed by atoms with Crippen molar-refractivity contribution in [2.75, 3.05) is 13.1 Å². The standard InChI is InChI=1S/C14H20N2O3/c1-9-2-4-10(5-3-9)13(18)8-16-14(19)12-6-11(17)7-15-12/h2-5,11-13,15,17-18H,6-8H2,1H3,(H,16,19)/t11-,12+,13+/m0/s1. The first-order chi connectivity index (χ1) is 9.06. The monoisotopic (exact) mass is 264 g/mol. The maximum Gasteiger partial charge on any atom is 0.237 e. The third-order valence-electron chi connectivity index (χ3n) is 3.36. The molecule has 1 aromatic carbocycles. The lowest BCUT2D eigenvalue weighted by Gasteiger charge is -2.15. The van der Waals surface area contributed by atoms with Gasteiger partial charge >= 0.3 is 0 Å². The number of hydrogen-bond acceptors (Lipinski definition) is 4. The molecule has 0 saturated carbocycles. The van der Waals surface area contributed by atoms with Crippen molar-refractivity contribution in [3.8, 4) is 0 Å². The van der Waals surface area contributed by atoms with Gasteiger partial charge in [-0.15, -0.1) is 0 Å². The zero-order chi connectivity index (χ0) is 13.8. The summed E-state index contributed by atoms with van der Waals surface area (Å²) in [6, 6.07) is 7.19. The predicted octanol–water partition coefficient (Wildman–Crippen LogP) is -0.133. The Morgan fingerprint density at radius 2 is 2.16 bits per heavy atom. The van der Waals surface area contributed by atoms with Crippen molar-refractivity contribution in [2.24, 2.45) is 0 Å². The second-order valence-electron chi connectivity index (χ2n) is 5.02. The summed E-state index contributed by atoms with van der Waals surface area (Å²) in [6.07, 6.45) is -0.749. The Hall–Kier alpha value is -1.43. The van der Waals surface area contributed by atoms with Gasteiger partial charge in [0.15, 0.2) is 0 Å². The number of carbonyl (C=O) groups excluding carboxylic acids is 1. The van der Waals surface area contributed by atoms with Crippen LogP contribution >= 0.6 is 0 Å². The Kier molecular flexibility index (Phi) is 4.52. The van der Waals surface area contributed by atoms with Gasteiger partial charge in [0.05, 0.1) is 18.2 Å². The summed E-state index contributed by atoms with van der Waals surface area (Å²) in [7, 11) is 0. The van der Waals surface area contributed by atoms with Crippen LogP contribution in [0, 0.1) is 6.92 Å². The van der Waals surface area contributed by atoms with E-state index in [1.165, 1.54) is 0 Å². The van der Waals surface area contributed by atoms with Crippen LogP contribution in [0.3, 0.4) is 0 Å². The zero-order valence-corrected chi connectivity index (χ0v) is 11.0. The van der Waals surface area contributed by atoms with E-state index >= 15 is 0 Å². The molecule has 19 heavy (non-hydrogen) atoms. The Bertz CT molecular complexity index is 433. The number of nitrogens with one attached hydrogen (secondary N) is 2. The van der Waals surface area contributed by atoms with Crippen LogP contribution in [0.25, 0.3) is 0 Å². The highest BCUT2D eigenvalue weighted by molar-refractivity contribution is 5.82. The minimum absolute atomic E-state index is 0.177. The third kappa shape index (κ3) is 3.76. The summed E-state index contributed by atoms with van der Waals surface area (Å²) in [5.41, 5.74) is 1.91. The molecule has 1 amide bonds. The van der Waals surface area contributed by atoms with E-state index in [4.69, 9.17) is 0 Å². The smallest absolute Gasteiger partial charge is 0.237 e. The highest BCUT2D eigenvalue weighted by Gasteiger charge is 2.28. The van der Waals surface area contributed by atoms with Gasteiger partial charge in [0.1, 0.15) is 0 Å². The van der Waals surface area contributed by atoms with Gasteiger partial charge < -0.3 is 20.8 Å². The molecular weight excluding hydrogens is 244 g/mol. The molecule has 1 aromatic rings. The second kappa shape index (κ2) is 6.14. The number of aliphatic hydroxyl groups is 2. The molecule has 1 heterocycles. The van der Waals surface area contributed by atoms with Crippen LogP contribution in [-0.4, -0.2) is 41.4 Å². The molecule has 0 aliphatic carbocycles. The summed E-state index contributed by atoms with van der Waals surface area (Å²) in [4.78, 5) is 11.8. The molecule has 0 spiro atoms. The van der Waals surface area contributed by atoms with Gasteiger partial charge in [0.25, 0.3) is 0 Å². The number of amides is 1. The summed E-state index contributed by atoms with van der Waals surface area (Å²) >= 11 is 0. The fourth-order valence-electron chi connectivity index (χ4n) is 2.14. The van der Waals surface area contributed by atoms with Gasteiger partial charge in [0.2, 0.25) is 5.91 Å². The molecule has 4 N–H and O–H groups in total. The quantitative estimate of drug-likeness (QED) is 0.610. The van der Waals surface area contributed by atoms with E-state index in [1.54, 1.807) is 0 Å². The summed E-state index contributed by atoms with van der Waals surface area (Å²) in [5.74, 6) is -0.178. The zero-order valence-electron chi connectivity index (χ0n) is 11.0. The molecule has 0 bridgehead atoms. The van der Waals surface area contributed by atoms with E-state index in [2.05, 4.69) is 10.6 Å². The Morgan fingerprint density at radius 1 is 1.47 bits per heavy atom. The number of aryl methyl sites for hydroxylation is 1. The van der Waals surface area contributed by atoms with Crippen molar-refractivity contribution >= 4 is 5.91 Å². The highest BCUT2D eigenvalue weighted by atomic mass is 16.3. The number of β-amino-alcohol motifs (C(OH)–C–C–N with tert-alkyl or cyclic N) is 1. The molecular formula is C14H20N2O3. The van der Waals surface area contributed by atoms with Crippen LogP contribution in [0.15, 0.2) is 24.3 Å². The molecule has 1 aliphatic heterocycles. The molecule has 2 rings (SSSR count).